The van der Waals surface area contributed by atoms with Gasteiger partial charge in [-0.05, 0) is 36.1 Å². The number of alkyl halides is 6. The van der Waals surface area contributed by atoms with E-state index in [9.17, 15) is 26.3 Å². The molecule has 0 saturated carbocycles. The summed E-state index contributed by atoms with van der Waals surface area (Å²) in [5, 5.41) is 14.2. The van der Waals surface area contributed by atoms with E-state index in [-0.39, 0.29) is 5.41 Å². The highest BCUT2D eigenvalue weighted by atomic mass is 19.4. The Hall–Kier alpha value is -3.23. The molecule has 1 aromatic heterocycles. The summed E-state index contributed by atoms with van der Waals surface area (Å²) in [4.78, 5) is 24.4. The Morgan fingerprint density at radius 3 is 2.08 bits per heavy atom. The van der Waals surface area contributed by atoms with Crippen molar-refractivity contribution >= 4 is 11.9 Å². The van der Waals surface area contributed by atoms with Crippen molar-refractivity contribution in [3.05, 3.63) is 66.0 Å². The first-order valence-corrected chi connectivity index (χ1v) is 11.7. The van der Waals surface area contributed by atoms with Crippen molar-refractivity contribution in [3.63, 3.8) is 0 Å². The molecule has 3 heterocycles. The number of halogens is 6. The molecule has 2 saturated heterocycles. The molecule has 216 valence electrons. The van der Waals surface area contributed by atoms with Gasteiger partial charge in [0.25, 0.3) is 0 Å². The van der Waals surface area contributed by atoms with Crippen LogP contribution in [0.2, 0.25) is 0 Å². The van der Waals surface area contributed by atoms with Crippen LogP contribution in [-0.2, 0) is 32.2 Å². The Kier molecular flexibility index (Phi) is 11.7. The highest BCUT2D eigenvalue weighted by Crippen LogP contribution is 2.41. The second kappa shape index (κ2) is 14.2. The van der Waals surface area contributed by atoms with E-state index in [0.717, 1.165) is 45.7 Å². The third-order valence-corrected chi connectivity index (χ3v) is 5.99. The normalized spacial score (nSPS) is 21.0. The molecule has 39 heavy (non-hydrogen) atoms. The maximum absolute atomic E-state index is 10.6. The number of carboxylic acids is 2. The van der Waals surface area contributed by atoms with Crippen LogP contribution in [0.4, 0.5) is 26.3 Å². The Morgan fingerprint density at radius 2 is 1.54 bits per heavy atom. The minimum Gasteiger partial charge on any atom is -0.475 e. The fourth-order valence-corrected chi connectivity index (χ4v) is 4.18. The third-order valence-electron chi connectivity index (χ3n) is 5.99. The maximum atomic E-state index is 10.6. The number of pyridine rings is 1. The molecular weight excluding hydrogens is 538 g/mol. The number of piperidine rings is 1. The molecule has 2 aliphatic heterocycles. The van der Waals surface area contributed by atoms with Crippen molar-refractivity contribution in [2.45, 2.75) is 44.4 Å². The topological polar surface area (TPSA) is 109 Å². The van der Waals surface area contributed by atoms with E-state index in [4.69, 9.17) is 29.3 Å². The molecular formula is C25H28F6N2O6. The fraction of sp³-hybridized carbons (Fsp3) is 0.480. The van der Waals surface area contributed by atoms with E-state index in [1.807, 2.05) is 24.5 Å². The van der Waals surface area contributed by atoms with Gasteiger partial charge in [0.1, 0.15) is 0 Å². The molecule has 0 radical (unpaired) electrons. The Morgan fingerprint density at radius 1 is 0.974 bits per heavy atom. The first kappa shape index (κ1) is 32.0. The molecule has 0 aliphatic carbocycles. The van der Waals surface area contributed by atoms with Gasteiger partial charge in [0.05, 0.1) is 19.3 Å². The van der Waals surface area contributed by atoms with Gasteiger partial charge in [0.2, 0.25) is 0 Å². The smallest absolute Gasteiger partial charge is 0.475 e. The van der Waals surface area contributed by atoms with Crippen molar-refractivity contribution in [1.82, 2.24) is 9.88 Å². The molecule has 2 aliphatic rings. The van der Waals surface area contributed by atoms with Crippen molar-refractivity contribution in [1.29, 1.82) is 0 Å². The van der Waals surface area contributed by atoms with E-state index in [2.05, 4.69) is 40.2 Å². The average Bonchev–Trinajstić information content (AvgIpc) is 3.28. The van der Waals surface area contributed by atoms with Crippen molar-refractivity contribution in [3.8, 4) is 0 Å². The van der Waals surface area contributed by atoms with Crippen molar-refractivity contribution in [2.24, 2.45) is 5.41 Å². The molecule has 2 fully saturated rings. The van der Waals surface area contributed by atoms with E-state index in [0.29, 0.717) is 12.7 Å². The van der Waals surface area contributed by atoms with Gasteiger partial charge in [-0.1, -0.05) is 30.3 Å². The standard InChI is InChI=1S/C21H26N2O2.2C2HF3O2/c1-2-4-18(5-3-1)14-23-12-8-20-21(16-23,9-13-25-20)17-24-15-19-6-10-22-11-7-19;2*3-2(4,5)1(6)7/h1-7,10-11,20H,8-9,12-17H2;2*(H,6,7)/t20-,21+;;/m1../s1. The van der Waals surface area contributed by atoms with Crippen molar-refractivity contribution in [2.75, 3.05) is 26.3 Å². The van der Waals surface area contributed by atoms with Crippen LogP contribution < -0.4 is 0 Å². The minimum atomic E-state index is -5.08. The molecule has 2 aromatic rings. The van der Waals surface area contributed by atoms with Gasteiger partial charge in [0, 0.05) is 44.0 Å². The van der Waals surface area contributed by atoms with Crippen LogP contribution in [0.25, 0.3) is 0 Å². The molecule has 0 bridgehead atoms. The first-order chi connectivity index (χ1) is 18.2. The number of carboxylic acid groups (broad SMARTS) is 2. The molecule has 14 heteroatoms. The lowest BCUT2D eigenvalue weighted by Crippen LogP contribution is -2.51. The van der Waals surface area contributed by atoms with E-state index in [1.165, 1.54) is 11.1 Å². The lowest BCUT2D eigenvalue weighted by atomic mass is 9.77. The number of nitrogens with zero attached hydrogens (tertiary/aromatic N) is 2. The minimum absolute atomic E-state index is 0.139. The van der Waals surface area contributed by atoms with E-state index >= 15 is 0 Å². The SMILES string of the molecule is O=C(O)C(F)(F)F.O=C(O)C(F)(F)F.c1ccc(CN2CC[C@H]3OCC[C@@]3(COCc3ccncc3)C2)cc1. The first-order valence-electron chi connectivity index (χ1n) is 11.7. The number of benzene rings is 1. The number of ether oxygens (including phenoxy) is 2. The summed E-state index contributed by atoms with van der Waals surface area (Å²) in [6.07, 6.45) is -3.98. The fourth-order valence-electron chi connectivity index (χ4n) is 4.18. The number of aromatic nitrogens is 1. The Labute approximate surface area is 220 Å². The van der Waals surface area contributed by atoms with Crippen LogP contribution in [0.15, 0.2) is 54.9 Å². The lowest BCUT2D eigenvalue weighted by molar-refractivity contribution is -0.193. The number of fused-ring (bicyclic) bond motifs is 1. The number of aliphatic carboxylic acids is 2. The number of hydrogen-bond donors (Lipinski definition) is 2. The number of rotatable bonds is 6. The second-order valence-electron chi connectivity index (χ2n) is 8.91. The third kappa shape index (κ3) is 10.8. The Balaban J connectivity index is 0.000000317. The van der Waals surface area contributed by atoms with Crippen LogP contribution in [0.3, 0.4) is 0 Å². The maximum Gasteiger partial charge on any atom is 0.490 e. The summed E-state index contributed by atoms with van der Waals surface area (Å²) >= 11 is 0. The van der Waals surface area contributed by atoms with Crippen LogP contribution >= 0.6 is 0 Å². The Bertz CT molecular complexity index is 1010. The number of carbonyl (C=O) groups is 2. The molecule has 2 N–H and O–H groups in total. The van der Waals surface area contributed by atoms with Crippen LogP contribution in [0.1, 0.15) is 24.0 Å². The van der Waals surface area contributed by atoms with Crippen molar-refractivity contribution < 1.29 is 55.6 Å². The predicted octanol–water partition coefficient (Wildman–Crippen LogP) is 4.55. The molecule has 4 rings (SSSR count). The molecule has 8 nitrogen and oxygen atoms in total. The quantitative estimate of drug-likeness (QED) is 0.491. The second-order valence-corrected chi connectivity index (χ2v) is 8.91. The van der Waals surface area contributed by atoms with Crippen LogP contribution in [0, 0.1) is 5.41 Å². The summed E-state index contributed by atoms with van der Waals surface area (Å²) in [6, 6.07) is 14.8. The molecule has 0 spiro atoms. The van der Waals surface area contributed by atoms with Gasteiger partial charge in [-0.15, -0.1) is 0 Å². The van der Waals surface area contributed by atoms with Gasteiger partial charge in [0.15, 0.2) is 0 Å². The summed E-state index contributed by atoms with van der Waals surface area (Å²) in [6.45, 7) is 5.46. The predicted molar refractivity (Wildman–Crippen MR) is 124 cm³/mol. The van der Waals surface area contributed by atoms with Gasteiger partial charge in [-0.25, -0.2) is 9.59 Å². The van der Waals surface area contributed by atoms with Gasteiger partial charge >= 0.3 is 24.3 Å². The summed E-state index contributed by atoms with van der Waals surface area (Å²) in [5.74, 6) is -5.51. The zero-order valence-corrected chi connectivity index (χ0v) is 20.6. The largest absolute Gasteiger partial charge is 0.490 e. The van der Waals surface area contributed by atoms with Gasteiger partial charge in [-0.2, -0.15) is 26.3 Å². The molecule has 2 atom stereocenters. The van der Waals surface area contributed by atoms with Gasteiger partial charge in [-0.3, -0.25) is 9.88 Å². The van der Waals surface area contributed by atoms with E-state index < -0.39 is 24.3 Å². The number of likely N-dealkylation sites (tertiary alicyclic amines) is 1. The van der Waals surface area contributed by atoms with Crippen LogP contribution in [-0.4, -0.2) is 76.8 Å². The molecule has 0 amide bonds. The lowest BCUT2D eigenvalue weighted by Gasteiger charge is -2.43. The zero-order valence-electron chi connectivity index (χ0n) is 20.6. The zero-order chi connectivity index (χ0) is 29.1. The molecule has 1 aromatic carbocycles. The monoisotopic (exact) mass is 566 g/mol. The highest BCUT2D eigenvalue weighted by Gasteiger charge is 2.48. The highest BCUT2D eigenvalue weighted by molar-refractivity contribution is 5.73. The van der Waals surface area contributed by atoms with E-state index in [1.54, 1.807) is 0 Å². The molecule has 0 unspecified atom stereocenters. The summed E-state index contributed by atoms with van der Waals surface area (Å²) in [7, 11) is 0. The van der Waals surface area contributed by atoms with Crippen LogP contribution in [0.5, 0.6) is 0 Å². The van der Waals surface area contributed by atoms with Gasteiger partial charge < -0.3 is 19.7 Å². The number of hydrogen-bond acceptors (Lipinski definition) is 6. The summed E-state index contributed by atoms with van der Waals surface area (Å²) in [5.41, 5.74) is 2.70. The summed E-state index contributed by atoms with van der Waals surface area (Å²) < 4.78 is 75.6. The average molecular weight is 566 g/mol.